The van der Waals surface area contributed by atoms with Crippen molar-refractivity contribution in [3.63, 3.8) is 0 Å². The lowest BCUT2D eigenvalue weighted by Gasteiger charge is -2.37. The molecule has 0 bridgehead atoms. The summed E-state index contributed by atoms with van der Waals surface area (Å²) in [6, 6.07) is 15.9. The molecule has 8 nitrogen and oxygen atoms in total. The van der Waals surface area contributed by atoms with Gasteiger partial charge in [-0.05, 0) is 62.8 Å². The minimum Gasteiger partial charge on any atom is -0.423 e. The number of aromatic nitrogens is 1. The van der Waals surface area contributed by atoms with Crippen molar-refractivity contribution in [1.82, 2.24) is 15.2 Å². The predicted molar refractivity (Wildman–Crippen MR) is 136 cm³/mol. The Bertz CT molecular complexity index is 1130. The molecule has 3 heterocycles. The summed E-state index contributed by atoms with van der Waals surface area (Å²) in [6.45, 7) is 5.62. The number of urea groups is 1. The van der Waals surface area contributed by atoms with Crippen molar-refractivity contribution >= 4 is 34.7 Å². The number of hydrogen-bond donors (Lipinski definition) is 2. The van der Waals surface area contributed by atoms with E-state index in [9.17, 15) is 9.59 Å². The summed E-state index contributed by atoms with van der Waals surface area (Å²) >= 11 is 0. The molecule has 3 amide bonds. The number of nitrogens with one attached hydrogen (secondary N) is 2. The minimum absolute atomic E-state index is 0.0344. The van der Waals surface area contributed by atoms with E-state index in [1.165, 1.54) is 0 Å². The van der Waals surface area contributed by atoms with Gasteiger partial charge in [-0.3, -0.25) is 4.79 Å². The number of oxazole rings is 1. The first kappa shape index (κ1) is 23.2. The van der Waals surface area contributed by atoms with Crippen LogP contribution in [-0.4, -0.2) is 54.5 Å². The molecule has 2 aliphatic heterocycles. The molecule has 0 saturated carbocycles. The van der Waals surface area contributed by atoms with Gasteiger partial charge < -0.3 is 24.9 Å². The Morgan fingerprint density at radius 1 is 1.03 bits per heavy atom. The van der Waals surface area contributed by atoms with Crippen LogP contribution in [-0.2, 0) is 4.79 Å². The van der Waals surface area contributed by atoms with E-state index in [0.717, 1.165) is 67.7 Å². The third-order valence-electron chi connectivity index (χ3n) is 7.09. The fourth-order valence-corrected chi connectivity index (χ4v) is 5.05. The number of aryl methyl sites for hydroxylation is 1. The van der Waals surface area contributed by atoms with E-state index in [2.05, 4.69) is 20.5 Å². The SMILES string of the molecule is Cc1ccc(NC(=O)NCC2CCCN(C(=O)C3CCN(c4nc5ccccc5o4)CC3)C2)cc1. The zero-order valence-electron chi connectivity index (χ0n) is 20.2. The summed E-state index contributed by atoms with van der Waals surface area (Å²) in [4.78, 5) is 34.3. The first-order chi connectivity index (χ1) is 17.0. The van der Waals surface area contributed by atoms with E-state index >= 15 is 0 Å². The maximum atomic E-state index is 13.3. The third kappa shape index (κ3) is 5.58. The summed E-state index contributed by atoms with van der Waals surface area (Å²) in [7, 11) is 0. The number of likely N-dealkylation sites (tertiary alicyclic amines) is 1. The number of rotatable bonds is 5. The van der Waals surface area contributed by atoms with Crippen LogP contribution in [0.5, 0.6) is 0 Å². The van der Waals surface area contributed by atoms with E-state index in [1.54, 1.807) is 0 Å². The van der Waals surface area contributed by atoms with Crippen LogP contribution in [0.1, 0.15) is 31.2 Å². The number of fused-ring (bicyclic) bond motifs is 1. The lowest BCUT2D eigenvalue weighted by molar-refractivity contribution is -0.138. The van der Waals surface area contributed by atoms with Gasteiger partial charge in [0, 0.05) is 44.3 Å². The maximum absolute atomic E-state index is 13.3. The van der Waals surface area contributed by atoms with Crippen LogP contribution in [0, 0.1) is 18.8 Å². The van der Waals surface area contributed by atoms with Crippen molar-refractivity contribution in [1.29, 1.82) is 0 Å². The number of piperidine rings is 2. The summed E-state index contributed by atoms with van der Waals surface area (Å²) in [5.74, 6) is 0.555. The molecule has 0 radical (unpaired) electrons. The number of anilines is 2. The van der Waals surface area contributed by atoms with E-state index in [-0.39, 0.29) is 23.8 Å². The maximum Gasteiger partial charge on any atom is 0.319 e. The van der Waals surface area contributed by atoms with Crippen molar-refractivity contribution < 1.29 is 14.0 Å². The van der Waals surface area contributed by atoms with Gasteiger partial charge in [0.1, 0.15) is 5.52 Å². The number of carbonyl (C=O) groups excluding carboxylic acids is 2. The fourth-order valence-electron chi connectivity index (χ4n) is 5.05. The molecule has 184 valence electrons. The number of hydrogen-bond acceptors (Lipinski definition) is 5. The van der Waals surface area contributed by atoms with Crippen LogP contribution in [0.3, 0.4) is 0 Å². The largest absolute Gasteiger partial charge is 0.423 e. The molecule has 2 N–H and O–H groups in total. The van der Waals surface area contributed by atoms with E-state index in [0.29, 0.717) is 19.1 Å². The second-order valence-corrected chi connectivity index (χ2v) is 9.72. The molecular weight excluding hydrogens is 442 g/mol. The normalized spacial score (nSPS) is 19.1. The Kier molecular flexibility index (Phi) is 6.88. The van der Waals surface area contributed by atoms with Gasteiger partial charge in [-0.1, -0.05) is 29.8 Å². The molecule has 35 heavy (non-hydrogen) atoms. The second-order valence-electron chi connectivity index (χ2n) is 9.72. The number of para-hydroxylation sites is 2. The van der Waals surface area contributed by atoms with Gasteiger partial charge in [0.05, 0.1) is 0 Å². The zero-order chi connectivity index (χ0) is 24.2. The van der Waals surface area contributed by atoms with Gasteiger partial charge in [-0.2, -0.15) is 4.98 Å². The lowest BCUT2D eigenvalue weighted by atomic mass is 9.92. The molecule has 2 aliphatic rings. The van der Waals surface area contributed by atoms with E-state index in [4.69, 9.17) is 4.42 Å². The smallest absolute Gasteiger partial charge is 0.319 e. The fraction of sp³-hybridized carbons (Fsp3) is 0.444. The Balaban J connectivity index is 1.08. The molecular formula is C27H33N5O3. The quantitative estimate of drug-likeness (QED) is 0.570. The molecule has 0 spiro atoms. The molecule has 3 aromatic rings. The topological polar surface area (TPSA) is 90.7 Å². The molecule has 0 aliphatic carbocycles. The highest BCUT2D eigenvalue weighted by molar-refractivity contribution is 5.89. The van der Waals surface area contributed by atoms with Crippen molar-refractivity contribution in [2.75, 3.05) is 42.9 Å². The van der Waals surface area contributed by atoms with Gasteiger partial charge in [0.2, 0.25) is 5.91 Å². The van der Waals surface area contributed by atoms with Crippen molar-refractivity contribution in [3.05, 3.63) is 54.1 Å². The number of nitrogens with zero attached hydrogens (tertiary/aromatic N) is 3. The van der Waals surface area contributed by atoms with Crippen molar-refractivity contribution in [2.45, 2.75) is 32.6 Å². The molecule has 1 atom stereocenters. The molecule has 2 fully saturated rings. The lowest BCUT2D eigenvalue weighted by Crippen LogP contribution is -2.48. The molecule has 1 aromatic heterocycles. The Morgan fingerprint density at radius 3 is 2.57 bits per heavy atom. The minimum atomic E-state index is -0.205. The summed E-state index contributed by atoms with van der Waals surface area (Å²) in [6.07, 6.45) is 3.59. The Labute approximate surface area is 205 Å². The zero-order valence-corrected chi connectivity index (χ0v) is 20.2. The van der Waals surface area contributed by atoms with Crippen LogP contribution in [0.15, 0.2) is 52.9 Å². The first-order valence-electron chi connectivity index (χ1n) is 12.6. The van der Waals surface area contributed by atoms with Gasteiger partial charge >= 0.3 is 6.03 Å². The number of amides is 3. The first-order valence-corrected chi connectivity index (χ1v) is 12.6. The standard InChI is InChI=1S/C27H33N5O3/c1-19-8-10-22(11-9-19)29-26(34)28-17-20-5-4-14-32(18-20)25(33)21-12-15-31(16-13-21)27-30-23-6-2-3-7-24(23)35-27/h2-3,6-11,20-21H,4-5,12-18H2,1H3,(H2,28,29,34). The Hall–Kier alpha value is -3.55. The monoisotopic (exact) mass is 475 g/mol. The van der Waals surface area contributed by atoms with Gasteiger partial charge in [-0.15, -0.1) is 0 Å². The highest BCUT2D eigenvalue weighted by atomic mass is 16.4. The summed E-state index contributed by atoms with van der Waals surface area (Å²) in [5, 5.41) is 5.85. The molecule has 2 saturated heterocycles. The van der Waals surface area contributed by atoms with Crippen molar-refractivity contribution in [2.24, 2.45) is 11.8 Å². The molecule has 2 aromatic carbocycles. The molecule has 8 heteroatoms. The van der Waals surface area contributed by atoms with Crippen LogP contribution < -0.4 is 15.5 Å². The number of carbonyl (C=O) groups is 2. The van der Waals surface area contributed by atoms with Crippen LogP contribution in [0.25, 0.3) is 11.1 Å². The summed E-state index contributed by atoms with van der Waals surface area (Å²) < 4.78 is 5.90. The average molecular weight is 476 g/mol. The van der Waals surface area contributed by atoms with Crippen LogP contribution in [0.2, 0.25) is 0 Å². The molecule has 5 rings (SSSR count). The van der Waals surface area contributed by atoms with Gasteiger partial charge in [-0.25, -0.2) is 4.79 Å². The van der Waals surface area contributed by atoms with Crippen molar-refractivity contribution in [3.8, 4) is 0 Å². The Morgan fingerprint density at radius 2 is 1.80 bits per heavy atom. The second kappa shape index (κ2) is 10.4. The van der Waals surface area contributed by atoms with Gasteiger partial charge in [0.25, 0.3) is 6.01 Å². The van der Waals surface area contributed by atoms with Crippen LogP contribution >= 0.6 is 0 Å². The van der Waals surface area contributed by atoms with E-state index in [1.807, 2.05) is 60.4 Å². The van der Waals surface area contributed by atoms with Gasteiger partial charge in [0.15, 0.2) is 5.58 Å². The molecule has 1 unspecified atom stereocenters. The average Bonchev–Trinajstić information content (AvgIpc) is 3.33. The predicted octanol–water partition coefficient (Wildman–Crippen LogP) is 4.41. The summed E-state index contributed by atoms with van der Waals surface area (Å²) in [5.41, 5.74) is 3.58. The highest BCUT2D eigenvalue weighted by Crippen LogP contribution is 2.28. The highest BCUT2D eigenvalue weighted by Gasteiger charge is 2.32. The number of benzene rings is 2. The van der Waals surface area contributed by atoms with Crippen LogP contribution in [0.4, 0.5) is 16.5 Å². The third-order valence-corrected chi connectivity index (χ3v) is 7.09. The van der Waals surface area contributed by atoms with E-state index < -0.39 is 0 Å².